The second-order valence-electron chi connectivity index (χ2n) is 5.04. The molecule has 5 heteroatoms. The molecule has 0 saturated heterocycles. The van der Waals surface area contributed by atoms with Crippen LogP contribution in [0.25, 0.3) is 11.4 Å². The quantitative estimate of drug-likeness (QED) is 0.772. The van der Waals surface area contributed by atoms with Crippen molar-refractivity contribution in [3.63, 3.8) is 0 Å². The highest BCUT2D eigenvalue weighted by Gasteiger charge is 2.06. The average Bonchev–Trinajstić information content (AvgIpc) is 2.54. The molecule has 0 aliphatic heterocycles. The minimum absolute atomic E-state index is 0.429. The fourth-order valence-electron chi connectivity index (χ4n) is 2.21. The lowest BCUT2D eigenvalue weighted by molar-refractivity contribution is 1.08. The van der Waals surface area contributed by atoms with E-state index in [2.05, 4.69) is 45.4 Å². The van der Waals surface area contributed by atoms with Gasteiger partial charge in [-0.2, -0.15) is 0 Å². The third-order valence-corrected chi connectivity index (χ3v) is 3.29. The topological polar surface area (TPSA) is 76.7 Å². The average molecular weight is 291 g/mol. The van der Waals surface area contributed by atoms with Crippen molar-refractivity contribution in [3.05, 3.63) is 66.0 Å². The predicted octanol–water partition coefficient (Wildman–Crippen LogP) is 3.04. The third-order valence-electron chi connectivity index (χ3n) is 3.29. The summed E-state index contributed by atoms with van der Waals surface area (Å²) in [7, 11) is 0. The molecule has 3 N–H and O–H groups in total. The fraction of sp³-hybridized carbons (Fsp3) is 0.118. The van der Waals surface area contributed by atoms with E-state index >= 15 is 0 Å². The number of hydrogen-bond donors (Lipinski definition) is 2. The van der Waals surface area contributed by atoms with E-state index in [1.54, 1.807) is 12.4 Å². The number of pyridine rings is 1. The van der Waals surface area contributed by atoms with Crippen molar-refractivity contribution in [2.75, 3.05) is 11.1 Å². The van der Waals surface area contributed by atoms with Gasteiger partial charge in [-0.3, -0.25) is 0 Å². The van der Waals surface area contributed by atoms with Crippen molar-refractivity contribution in [2.45, 2.75) is 13.5 Å². The Hall–Kier alpha value is -2.95. The van der Waals surface area contributed by atoms with Crippen molar-refractivity contribution in [1.29, 1.82) is 0 Å². The number of nitrogens with zero attached hydrogens (tertiary/aromatic N) is 3. The maximum absolute atomic E-state index is 5.87. The van der Waals surface area contributed by atoms with Gasteiger partial charge in [0.25, 0.3) is 0 Å². The molecule has 0 spiro atoms. The second kappa shape index (κ2) is 6.22. The summed E-state index contributed by atoms with van der Waals surface area (Å²) in [6.07, 6.45) is 3.37. The molecule has 3 rings (SSSR count). The lowest BCUT2D eigenvalue weighted by Crippen LogP contribution is -2.03. The van der Waals surface area contributed by atoms with E-state index in [0.717, 1.165) is 11.4 Å². The van der Waals surface area contributed by atoms with Gasteiger partial charge in [0.05, 0.1) is 5.56 Å². The first kappa shape index (κ1) is 14.0. The summed E-state index contributed by atoms with van der Waals surface area (Å²) in [6, 6.07) is 13.9. The zero-order chi connectivity index (χ0) is 15.4. The standard InChI is InChI=1S/C17H17N5/c1-12-4-2-5-13(10-12)11-21-15-7-9-20-17(22-15)14-6-3-8-19-16(14)18/h2-10H,11H2,1H3,(H2,18,19)(H,20,21,22). The zero-order valence-corrected chi connectivity index (χ0v) is 12.3. The first-order valence-electron chi connectivity index (χ1n) is 7.06. The Balaban J connectivity index is 1.79. The number of benzene rings is 1. The molecular formula is C17H17N5. The van der Waals surface area contributed by atoms with Crippen LogP contribution in [-0.2, 0) is 6.54 Å². The van der Waals surface area contributed by atoms with Gasteiger partial charge in [0, 0.05) is 18.9 Å². The van der Waals surface area contributed by atoms with Crippen molar-refractivity contribution in [3.8, 4) is 11.4 Å². The van der Waals surface area contributed by atoms with Crippen LogP contribution >= 0.6 is 0 Å². The highest BCUT2D eigenvalue weighted by Crippen LogP contribution is 2.20. The Morgan fingerprint density at radius 3 is 2.77 bits per heavy atom. The molecule has 0 amide bonds. The van der Waals surface area contributed by atoms with Crippen molar-refractivity contribution in [2.24, 2.45) is 0 Å². The minimum atomic E-state index is 0.429. The van der Waals surface area contributed by atoms with Crippen LogP contribution in [0.4, 0.5) is 11.6 Å². The normalized spacial score (nSPS) is 10.4. The number of aromatic nitrogens is 3. The zero-order valence-electron chi connectivity index (χ0n) is 12.3. The van der Waals surface area contributed by atoms with Gasteiger partial charge in [0.15, 0.2) is 5.82 Å². The molecule has 0 atom stereocenters. The van der Waals surface area contributed by atoms with E-state index in [9.17, 15) is 0 Å². The molecule has 0 saturated carbocycles. The molecule has 0 bridgehead atoms. The van der Waals surface area contributed by atoms with E-state index in [0.29, 0.717) is 18.2 Å². The van der Waals surface area contributed by atoms with Crippen LogP contribution in [0, 0.1) is 6.92 Å². The summed E-state index contributed by atoms with van der Waals surface area (Å²) >= 11 is 0. The molecular weight excluding hydrogens is 274 g/mol. The van der Waals surface area contributed by atoms with E-state index in [-0.39, 0.29) is 0 Å². The summed E-state index contributed by atoms with van der Waals surface area (Å²) in [6.45, 7) is 2.79. The molecule has 1 aromatic carbocycles. The molecule has 22 heavy (non-hydrogen) atoms. The van der Waals surface area contributed by atoms with Crippen molar-refractivity contribution < 1.29 is 0 Å². The minimum Gasteiger partial charge on any atom is -0.383 e. The summed E-state index contributed by atoms with van der Waals surface area (Å²) < 4.78 is 0. The van der Waals surface area contributed by atoms with Crippen LogP contribution in [0.15, 0.2) is 54.9 Å². The van der Waals surface area contributed by atoms with Crippen molar-refractivity contribution >= 4 is 11.6 Å². The Morgan fingerprint density at radius 2 is 1.95 bits per heavy atom. The summed E-state index contributed by atoms with van der Waals surface area (Å²) in [5.74, 6) is 1.76. The molecule has 0 aliphatic rings. The summed E-state index contributed by atoms with van der Waals surface area (Å²) in [5.41, 5.74) is 9.06. The van der Waals surface area contributed by atoms with Crippen molar-refractivity contribution in [1.82, 2.24) is 15.0 Å². The number of nitrogens with one attached hydrogen (secondary N) is 1. The van der Waals surface area contributed by atoms with Gasteiger partial charge in [-0.05, 0) is 30.7 Å². The van der Waals surface area contributed by atoms with Crippen LogP contribution in [0.5, 0.6) is 0 Å². The lowest BCUT2D eigenvalue weighted by atomic mass is 10.1. The lowest BCUT2D eigenvalue weighted by Gasteiger charge is -2.08. The fourth-order valence-corrected chi connectivity index (χ4v) is 2.21. The number of nitrogens with two attached hydrogens (primary N) is 1. The van der Waals surface area contributed by atoms with Crippen LogP contribution in [0.3, 0.4) is 0 Å². The molecule has 0 unspecified atom stereocenters. The molecule has 0 radical (unpaired) electrons. The van der Waals surface area contributed by atoms with Gasteiger partial charge < -0.3 is 11.1 Å². The Bertz CT molecular complexity index is 785. The molecule has 3 aromatic rings. The molecule has 0 fully saturated rings. The number of hydrogen-bond acceptors (Lipinski definition) is 5. The van der Waals surface area contributed by atoms with Gasteiger partial charge in [0.1, 0.15) is 11.6 Å². The van der Waals surface area contributed by atoms with Crippen LogP contribution in [0.1, 0.15) is 11.1 Å². The highest BCUT2D eigenvalue weighted by molar-refractivity contribution is 5.68. The number of nitrogen functional groups attached to an aromatic ring is 1. The molecule has 2 heterocycles. The third kappa shape index (κ3) is 3.20. The maximum Gasteiger partial charge on any atom is 0.165 e. The predicted molar refractivity (Wildman–Crippen MR) is 88.2 cm³/mol. The number of rotatable bonds is 4. The highest BCUT2D eigenvalue weighted by atomic mass is 15.0. The smallest absolute Gasteiger partial charge is 0.165 e. The SMILES string of the molecule is Cc1cccc(CNc2ccnc(-c3cccnc3N)n2)c1. The van der Waals surface area contributed by atoms with Gasteiger partial charge in [-0.25, -0.2) is 15.0 Å². The summed E-state index contributed by atoms with van der Waals surface area (Å²) in [5, 5.41) is 3.31. The van der Waals surface area contributed by atoms with E-state index in [1.165, 1.54) is 11.1 Å². The van der Waals surface area contributed by atoms with E-state index < -0.39 is 0 Å². The monoisotopic (exact) mass is 291 g/mol. The van der Waals surface area contributed by atoms with Gasteiger partial charge >= 0.3 is 0 Å². The van der Waals surface area contributed by atoms with Gasteiger partial charge in [-0.1, -0.05) is 29.8 Å². The number of anilines is 2. The number of aryl methyl sites for hydroxylation is 1. The molecule has 110 valence electrons. The van der Waals surface area contributed by atoms with Gasteiger partial charge in [-0.15, -0.1) is 0 Å². The Morgan fingerprint density at radius 1 is 1.05 bits per heavy atom. The Labute approximate surface area is 129 Å². The first-order valence-corrected chi connectivity index (χ1v) is 7.06. The van der Waals surface area contributed by atoms with E-state index in [4.69, 9.17) is 5.73 Å². The second-order valence-corrected chi connectivity index (χ2v) is 5.04. The van der Waals surface area contributed by atoms with Crippen LogP contribution < -0.4 is 11.1 Å². The first-order chi connectivity index (χ1) is 10.7. The van der Waals surface area contributed by atoms with Crippen LogP contribution in [-0.4, -0.2) is 15.0 Å². The molecule has 2 aromatic heterocycles. The van der Waals surface area contributed by atoms with E-state index in [1.807, 2.05) is 24.3 Å². The van der Waals surface area contributed by atoms with Crippen LogP contribution in [0.2, 0.25) is 0 Å². The maximum atomic E-state index is 5.87. The summed E-state index contributed by atoms with van der Waals surface area (Å²) in [4.78, 5) is 12.8. The molecule has 5 nitrogen and oxygen atoms in total. The Kier molecular flexibility index (Phi) is 3.96. The van der Waals surface area contributed by atoms with Gasteiger partial charge in [0.2, 0.25) is 0 Å². The largest absolute Gasteiger partial charge is 0.383 e. The molecule has 0 aliphatic carbocycles.